The van der Waals surface area contributed by atoms with E-state index in [1.165, 1.54) is 12.3 Å². The fourth-order valence-corrected chi connectivity index (χ4v) is 2.71. The largest absolute Gasteiger partial charge is 0.486 e. The van der Waals surface area contributed by atoms with Crippen LogP contribution >= 0.6 is 0 Å². The molecule has 0 atom stereocenters. The first kappa shape index (κ1) is 15.9. The van der Waals surface area contributed by atoms with Crippen LogP contribution in [0.3, 0.4) is 0 Å². The highest BCUT2D eigenvalue weighted by Gasteiger charge is 2.36. The van der Waals surface area contributed by atoms with E-state index in [2.05, 4.69) is 5.32 Å². The van der Waals surface area contributed by atoms with Crippen molar-refractivity contribution in [3.8, 4) is 11.5 Å². The van der Waals surface area contributed by atoms with Gasteiger partial charge < -0.3 is 13.9 Å². The summed E-state index contributed by atoms with van der Waals surface area (Å²) in [5, 5.41) is 2.17. The van der Waals surface area contributed by atoms with Crippen LogP contribution in [0.25, 0.3) is 6.08 Å². The first-order valence-electron chi connectivity index (χ1n) is 7.93. The third-order valence-electron chi connectivity index (χ3n) is 3.96. The molecule has 3 heterocycles. The van der Waals surface area contributed by atoms with E-state index in [-0.39, 0.29) is 12.1 Å². The number of rotatable bonds is 3. The molecule has 1 aromatic carbocycles. The first-order chi connectivity index (χ1) is 12.6. The minimum Gasteiger partial charge on any atom is -0.486 e. The number of imide groups is 2. The van der Waals surface area contributed by atoms with Gasteiger partial charge in [-0.05, 0) is 35.9 Å². The summed E-state index contributed by atoms with van der Waals surface area (Å²) >= 11 is 0. The van der Waals surface area contributed by atoms with Crippen molar-refractivity contribution in [1.82, 2.24) is 10.2 Å². The van der Waals surface area contributed by atoms with Gasteiger partial charge in [-0.15, -0.1) is 0 Å². The lowest BCUT2D eigenvalue weighted by atomic mass is 10.1. The van der Waals surface area contributed by atoms with Crippen LogP contribution in [0.2, 0.25) is 0 Å². The number of benzene rings is 1. The maximum atomic E-state index is 12.6. The summed E-state index contributed by atoms with van der Waals surface area (Å²) in [6, 6.07) is 7.59. The Morgan fingerprint density at radius 3 is 2.65 bits per heavy atom. The van der Waals surface area contributed by atoms with Crippen LogP contribution in [0.4, 0.5) is 4.79 Å². The lowest BCUT2D eigenvalue weighted by molar-refractivity contribution is -0.130. The zero-order chi connectivity index (χ0) is 18.1. The minimum absolute atomic E-state index is 0.0660. The van der Waals surface area contributed by atoms with Crippen LogP contribution in [0.5, 0.6) is 11.5 Å². The molecule has 0 bridgehead atoms. The number of carbonyl (C=O) groups is 3. The summed E-state index contributed by atoms with van der Waals surface area (Å²) < 4.78 is 16.1. The lowest BCUT2D eigenvalue weighted by Gasteiger charge is -2.25. The number of ether oxygens (including phenoxy) is 2. The van der Waals surface area contributed by atoms with Gasteiger partial charge in [0, 0.05) is 0 Å². The number of amides is 4. The topological polar surface area (TPSA) is 98.1 Å². The highest BCUT2D eigenvalue weighted by molar-refractivity contribution is 6.30. The molecule has 0 unspecified atom stereocenters. The average Bonchev–Trinajstić information content (AvgIpc) is 3.15. The molecule has 4 amide bonds. The third kappa shape index (κ3) is 2.92. The van der Waals surface area contributed by atoms with Gasteiger partial charge in [-0.25, -0.2) is 4.79 Å². The summed E-state index contributed by atoms with van der Waals surface area (Å²) in [7, 11) is 0. The Balaban J connectivity index is 1.63. The maximum absolute atomic E-state index is 12.6. The van der Waals surface area contributed by atoms with E-state index in [0.717, 1.165) is 4.90 Å². The summed E-state index contributed by atoms with van der Waals surface area (Å²) in [5.74, 6) is 0.141. The standard InChI is InChI=1S/C18H14N2O6/c21-16-13(8-11-3-4-14-15(9-11)26-7-6-25-14)17(22)20(18(23)19-16)10-12-2-1-5-24-12/h1-5,8-9H,6-7,10H2,(H,19,21,23)/b13-8+. The van der Waals surface area contributed by atoms with Gasteiger partial charge in [0.05, 0.1) is 12.8 Å². The highest BCUT2D eigenvalue weighted by Crippen LogP contribution is 2.31. The van der Waals surface area contributed by atoms with Crippen molar-refractivity contribution >= 4 is 23.9 Å². The smallest absolute Gasteiger partial charge is 0.331 e. The van der Waals surface area contributed by atoms with Gasteiger partial charge in [0.1, 0.15) is 24.5 Å². The molecule has 1 fully saturated rings. The molecule has 8 nitrogen and oxygen atoms in total. The second kappa shape index (κ2) is 6.40. The SMILES string of the molecule is O=C1NC(=O)N(Cc2ccco2)C(=O)/C1=C/c1ccc2c(c1)OCCO2. The molecule has 26 heavy (non-hydrogen) atoms. The van der Waals surface area contributed by atoms with Crippen molar-refractivity contribution in [3.63, 3.8) is 0 Å². The molecule has 4 rings (SSSR count). The second-order valence-corrected chi connectivity index (χ2v) is 5.69. The van der Waals surface area contributed by atoms with Gasteiger partial charge >= 0.3 is 6.03 Å². The number of urea groups is 1. The fourth-order valence-electron chi connectivity index (χ4n) is 2.71. The number of hydrogen-bond acceptors (Lipinski definition) is 6. The molecule has 0 saturated carbocycles. The molecule has 1 saturated heterocycles. The van der Waals surface area contributed by atoms with Crippen molar-refractivity contribution < 1.29 is 28.3 Å². The normalized spacial score (nSPS) is 18.2. The molecular weight excluding hydrogens is 340 g/mol. The number of nitrogens with one attached hydrogen (secondary N) is 1. The van der Waals surface area contributed by atoms with Gasteiger partial charge in [-0.2, -0.15) is 0 Å². The summed E-state index contributed by atoms with van der Waals surface area (Å²) in [5.41, 5.74) is 0.438. The molecule has 8 heteroatoms. The zero-order valence-electron chi connectivity index (χ0n) is 13.6. The molecule has 132 valence electrons. The first-order valence-corrected chi connectivity index (χ1v) is 7.93. The number of fused-ring (bicyclic) bond motifs is 1. The van der Waals surface area contributed by atoms with E-state index in [9.17, 15) is 14.4 Å². The van der Waals surface area contributed by atoms with Crippen molar-refractivity contribution in [3.05, 3.63) is 53.5 Å². The van der Waals surface area contributed by atoms with Gasteiger partial charge in [-0.1, -0.05) is 6.07 Å². The Hall–Kier alpha value is -3.55. The van der Waals surface area contributed by atoms with Crippen LogP contribution in [-0.4, -0.2) is 36.0 Å². The Labute approximate surface area is 148 Å². The number of nitrogens with zero attached hydrogens (tertiary/aromatic N) is 1. The minimum atomic E-state index is -0.782. The van der Waals surface area contributed by atoms with E-state index in [1.807, 2.05) is 0 Å². The van der Waals surface area contributed by atoms with Gasteiger partial charge in [-0.3, -0.25) is 19.8 Å². The van der Waals surface area contributed by atoms with Gasteiger partial charge in [0.15, 0.2) is 11.5 Å². The number of carbonyl (C=O) groups excluding carboxylic acids is 3. The molecular formula is C18H14N2O6. The predicted molar refractivity (Wildman–Crippen MR) is 88.2 cm³/mol. The maximum Gasteiger partial charge on any atom is 0.331 e. The second-order valence-electron chi connectivity index (χ2n) is 5.69. The monoisotopic (exact) mass is 354 g/mol. The van der Waals surface area contributed by atoms with Crippen LogP contribution in [-0.2, 0) is 16.1 Å². The molecule has 0 aliphatic carbocycles. The third-order valence-corrected chi connectivity index (χ3v) is 3.96. The van der Waals surface area contributed by atoms with Gasteiger partial charge in [0.25, 0.3) is 11.8 Å². The molecule has 1 aromatic heterocycles. The Morgan fingerprint density at radius 1 is 1.08 bits per heavy atom. The van der Waals surface area contributed by atoms with Crippen molar-refractivity contribution in [1.29, 1.82) is 0 Å². The predicted octanol–water partition coefficient (Wildman–Crippen LogP) is 1.71. The zero-order valence-corrected chi connectivity index (χ0v) is 13.6. The van der Waals surface area contributed by atoms with Crippen LogP contribution < -0.4 is 14.8 Å². The quantitative estimate of drug-likeness (QED) is 0.666. The molecule has 2 aliphatic heterocycles. The number of hydrogen-bond donors (Lipinski definition) is 1. The molecule has 2 aliphatic rings. The molecule has 0 radical (unpaired) electrons. The van der Waals surface area contributed by atoms with E-state index in [4.69, 9.17) is 13.9 Å². The fraction of sp³-hybridized carbons (Fsp3) is 0.167. The van der Waals surface area contributed by atoms with Crippen molar-refractivity contribution in [2.45, 2.75) is 6.54 Å². The van der Waals surface area contributed by atoms with Crippen LogP contribution in [0, 0.1) is 0 Å². The van der Waals surface area contributed by atoms with E-state index < -0.39 is 17.8 Å². The molecule has 1 N–H and O–H groups in total. The molecule has 0 spiro atoms. The van der Waals surface area contributed by atoms with E-state index in [1.54, 1.807) is 30.3 Å². The van der Waals surface area contributed by atoms with Crippen molar-refractivity contribution in [2.24, 2.45) is 0 Å². The van der Waals surface area contributed by atoms with Gasteiger partial charge in [0.2, 0.25) is 0 Å². The average molecular weight is 354 g/mol. The summed E-state index contributed by atoms with van der Waals surface area (Å²) in [6.07, 6.45) is 2.86. The highest BCUT2D eigenvalue weighted by atomic mass is 16.6. The summed E-state index contributed by atoms with van der Waals surface area (Å²) in [4.78, 5) is 37.7. The van der Waals surface area contributed by atoms with E-state index in [0.29, 0.717) is 36.0 Å². The number of barbiturate groups is 1. The Bertz CT molecular complexity index is 916. The Morgan fingerprint density at radius 2 is 1.88 bits per heavy atom. The Kier molecular flexibility index (Phi) is 3.92. The van der Waals surface area contributed by atoms with Crippen LogP contribution in [0.15, 0.2) is 46.6 Å². The summed E-state index contributed by atoms with van der Waals surface area (Å²) in [6.45, 7) is 0.833. The molecule has 2 aromatic rings. The number of furan rings is 1. The van der Waals surface area contributed by atoms with Crippen LogP contribution in [0.1, 0.15) is 11.3 Å². The van der Waals surface area contributed by atoms with Crippen molar-refractivity contribution in [2.75, 3.05) is 13.2 Å². The van der Waals surface area contributed by atoms with E-state index >= 15 is 0 Å². The lowest BCUT2D eigenvalue weighted by Crippen LogP contribution is -2.53.